The number of halogens is 2. The molecule has 21 heavy (non-hydrogen) atoms. The fourth-order valence-electron chi connectivity index (χ4n) is 2.81. The summed E-state index contributed by atoms with van der Waals surface area (Å²) in [7, 11) is 0. The second-order valence-corrected chi connectivity index (χ2v) is 5.15. The van der Waals surface area contributed by atoms with Crippen molar-refractivity contribution >= 4 is 30.7 Å². The van der Waals surface area contributed by atoms with Crippen molar-refractivity contribution in [1.29, 1.82) is 0 Å². The van der Waals surface area contributed by atoms with Crippen LogP contribution in [0.4, 0.5) is 0 Å². The van der Waals surface area contributed by atoms with Crippen LogP contribution in [0.5, 0.6) is 0 Å². The molecule has 2 aliphatic rings. The highest BCUT2D eigenvalue weighted by Crippen LogP contribution is 2.25. The number of carbonyl (C=O) groups is 1. The molecule has 0 aromatic carbocycles. The molecule has 1 amide bonds. The largest absolute Gasteiger partial charge is 0.378 e. The van der Waals surface area contributed by atoms with E-state index in [0.717, 1.165) is 37.2 Å². The molecule has 3 heterocycles. The summed E-state index contributed by atoms with van der Waals surface area (Å²) in [6, 6.07) is 0. The number of H-pyrrole nitrogens is 1. The van der Waals surface area contributed by atoms with Gasteiger partial charge in [0.1, 0.15) is 0 Å². The van der Waals surface area contributed by atoms with Crippen LogP contribution in [0.15, 0.2) is 6.20 Å². The van der Waals surface area contributed by atoms with Gasteiger partial charge >= 0.3 is 0 Å². The quantitative estimate of drug-likeness (QED) is 0.851. The van der Waals surface area contributed by atoms with E-state index in [4.69, 9.17) is 4.74 Å². The Morgan fingerprint density at radius 1 is 1.33 bits per heavy atom. The van der Waals surface area contributed by atoms with E-state index in [1.807, 2.05) is 4.90 Å². The monoisotopic (exact) mass is 336 g/mol. The van der Waals surface area contributed by atoms with Crippen molar-refractivity contribution in [3.63, 3.8) is 0 Å². The minimum Gasteiger partial charge on any atom is -0.378 e. The molecule has 1 unspecified atom stereocenters. The number of piperidine rings is 1. The molecular formula is C13H22Cl2N4O2. The molecule has 6 nitrogen and oxygen atoms in total. The third-order valence-electron chi connectivity index (χ3n) is 3.90. The van der Waals surface area contributed by atoms with Crippen LogP contribution in [-0.2, 0) is 4.74 Å². The summed E-state index contributed by atoms with van der Waals surface area (Å²) in [4.78, 5) is 14.4. The molecule has 2 saturated heterocycles. The summed E-state index contributed by atoms with van der Waals surface area (Å²) in [6.45, 7) is 4.59. The van der Waals surface area contributed by atoms with E-state index >= 15 is 0 Å². The Morgan fingerprint density at radius 2 is 2.10 bits per heavy atom. The number of ether oxygens (including phenoxy) is 1. The van der Waals surface area contributed by atoms with Crippen LogP contribution >= 0.6 is 24.8 Å². The van der Waals surface area contributed by atoms with E-state index in [1.54, 1.807) is 6.20 Å². The van der Waals surface area contributed by atoms with Gasteiger partial charge in [0.15, 0.2) is 0 Å². The maximum Gasteiger partial charge on any atom is 0.257 e. The molecule has 0 bridgehead atoms. The predicted molar refractivity (Wildman–Crippen MR) is 84.7 cm³/mol. The maximum atomic E-state index is 12.5. The Morgan fingerprint density at radius 3 is 2.76 bits per heavy atom. The number of aromatic nitrogens is 2. The Hall–Kier alpha value is -0.820. The van der Waals surface area contributed by atoms with Gasteiger partial charge < -0.3 is 15.0 Å². The number of aromatic amines is 1. The fourth-order valence-corrected chi connectivity index (χ4v) is 2.81. The van der Waals surface area contributed by atoms with Crippen LogP contribution in [0, 0.1) is 0 Å². The molecule has 2 aliphatic heterocycles. The normalized spacial score (nSPS) is 22.1. The number of hydrogen-bond acceptors (Lipinski definition) is 4. The van der Waals surface area contributed by atoms with E-state index in [9.17, 15) is 4.79 Å². The average molecular weight is 337 g/mol. The van der Waals surface area contributed by atoms with Gasteiger partial charge in [0.05, 0.1) is 30.7 Å². The summed E-state index contributed by atoms with van der Waals surface area (Å²) in [5.74, 6) is 0.453. The third-order valence-corrected chi connectivity index (χ3v) is 3.90. The van der Waals surface area contributed by atoms with E-state index in [0.29, 0.717) is 32.2 Å². The second kappa shape index (κ2) is 8.58. The first kappa shape index (κ1) is 18.2. The van der Waals surface area contributed by atoms with Gasteiger partial charge in [-0.3, -0.25) is 9.89 Å². The molecule has 0 saturated carbocycles. The van der Waals surface area contributed by atoms with Crippen LogP contribution < -0.4 is 5.32 Å². The van der Waals surface area contributed by atoms with Gasteiger partial charge in [-0.05, 0) is 19.4 Å². The lowest BCUT2D eigenvalue weighted by molar-refractivity contribution is 0.0302. The van der Waals surface area contributed by atoms with Crippen molar-refractivity contribution in [1.82, 2.24) is 20.4 Å². The third kappa shape index (κ3) is 4.10. The average Bonchev–Trinajstić information content (AvgIpc) is 2.98. The fraction of sp³-hybridized carbons (Fsp3) is 0.692. The molecule has 0 spiro atoms. The van der Waals surface area contributed by atoms with Crippen molar-refractivity contribution < 1.29 is 9.53 Å². The number of rotatable bonds is 2. The van der Waals surface area contributed by atoms with Gasteiger partial charge in [0.2, 0.25) is 0 Å². The number of carbonyl (C=O) groups excluding carboxylic acids is 1. The lowest BCUT2D eigenvalue weighted by Crippen LogP contribution is -2.41. The minimum atomic E-state index is 0. The lowest BCUT2D eigenvalue weighted by atomic mass is 9.93. The number of amides is 1. The molecule has 1 aromatic rings. The van der Waals surface area contributed by atoms with Crippen molar-refractivity contribution in [2.24, 2.45) is 0 Å². The van der Waals surface area contributed by atoms with Crippen LogP contribution in [-0.4, -0.2) is 60.4 Å². The summed E-state index contributed by atoms with van der Waals surface area (Å²) < 4.78 is 5.29. The Bertz CT molecular complexity index is 443. The van der Waals surface area contributed by atoms with Crippen molar-refractivity contribution in [2.45, 2.75) is 18.8 Å². The van der Waals surface area contributed by atoms with E-state index in [-0.39, 0.29) is 30.7 Å². The standard InChI is InChI=1S/C13H20N4O2.2ClH/c18-13(17-4-6-19-7-5-17)11-9-15-16-12(11)10-2-1-3-14-8-10;;/h9-10,14H,1-8H2,(H,15,16);2*1H. The SMILES string of the molecule is Cl.Cl.O=C(c1cn[nH]c1C1CCCNC1)N1CCOCC1. The Balaban J connectivity index is 0.00000110. The first-order valence-electron chi connectivity index (χ1n) is 6.97. The predicted octanol–water partition coefficient (Wildman–Crippen LogP) is 1.19. The number of hydrogen-bond donors (Lipinski definition) is 2. The van der Waals surface area contributed by atoms with Gasteiger partial charge in [0, 0.05) is 25.6 Å². The summed E-state index contributed by atoms with van der Waals surface area (Å²) in [5, 5.41) is 10.5. The van der Waals surface area contributed by atoms with Crippen molar-refractivity contribution in [3.8, 4) is 0 Å². The number of nitrogens with one attached hydrogen (secondary N) is 2. The zero-order valence-corrected chi connectivity index (χ0v) is 13.5. The lowest BCUT2D eigenvalue weighted by Gasteiger charge is -2.28. The Labute approximate surface area is 136 Å². The molecule has 8 heteroatoms. The van der Waals surface area contributed by atoms with E-state index < -0.39 is 0 Å². The zero-order valence-electron chi connectivity index (χ0n) is 11.8. The summed E-state index contributed by atoms with van der Waals surface area (Å²) in [6.07, 6.45) is 3.93. The number of morpholine rings is 1. The smallest absolute Gasteiger partial charge is 0.257 e. The number of nitrogens with zero attached hydrogens (tertiary/aromatic N) is 2. The molecule has 0 aliphatic carbocycles. The van der Waals surface area contributed by atoms with E-state index in [1.165, 1.54) is 0 Å². The highest BCUT2D eigenvalue weighted by atomic mass is 35.5. The second-order valence-electron chi connectivity index (χ2n) is 5.15. The topological polar surface area (TPSA) is 70.2 Å². The van der Waals surface area contributed by atoms with Gasteiger partial charge in [-0.2, -0.15) is 5.10 Å². The van der Waals surface area contributed by atoms with Gasteiger partial charge in [-0.1, -0.05) is 0 Å². The zero-order chi connectivity index (χ0) is 13.1. The van der Waals surface area contributed by atoms with Crippen LogP contribution in [0.3, 0.4) is 0 Å². The first-order chi connectivity index (χ1) is 9.36. The molecule has 1 aromatic heterocycles. The molecule has 120 valence electrons. The molecule has 1 atom stereocenters. The molecule has 0 radical (unpaired) electrons. The molecule has 3 rings (SSSR count). The van der Waals surface area contributed by atoms with Crippen molar-refractivity contribution in [2.75, 3.05) is 39.4 Å². The maximum absolute atomic E-state index is 12.5. The van der Waals surface area contributed by atoms with Crippen LogP contribution in [0.1, 0.15) is 34.8 Å². The van der Waals surface area contributed by atoms with Gasteiger partial charge in [-0.15, -0.1) is 24.8 Å². The van der Waals surface area contributed by atoms with Crippen LogP contribution in [0.2, 0.25) is 0 Å². The molecule has 2 fully saturated rings. The van der Waals surface area contributed by atoms with Gasteiger partial charge in [-0.25, -0.2) is 0 Å². The van der Waals surface area contributed by atoms with Crippen LogP contribution in [0.25, 0.3) is 0 Å². The van der Waals surface area contributed by atoms with Gasteiger partial charge in [0.25, 0.3) is 5.91 Å². The van der Waals surface area contributed by atoms with E-state index in [2.05, 4.69) is 15.5 Å². The molecule has 2 N–H and O–H groups in total. The van der Waals surface area contributed by atoms with Crippen molar-refractivity contribution in [3.05, 3.63) is 17.5 Å². The summed E-state index contributed by atoms with van der Waals surface area (Å²) in [5.41, 5.74) is 1.72. The highest BCUT2D eigenvalue weighted by molar-refractivity contribution is 5.95. The highest BCUT2D eigenvalue weighted by Gasteiger charge is 2.26. The minimum absolute atomic E-state index is 0. The first-order valence-corrected chi connectivity index (χ1v) is 6.97. The molecular weight excluding hydrogens is 315 g/mol. The summed E-state index contributed by atoms with van der Waals surface area (Å²) >= 11 is 0. The Kier molecular flexibility index (Phi) is 7.45.